The van der Waals surface area contributed by atoms with Crippen molar-refractivity contribution >= 4 is 23.2 Å². The van der Waals surface area contributed by atoms with Gasteiger partial charge in [0.15, 0.2) is 0 Å². The first kappa shape index (κ1) is 26.5. The fraction of sp³-hybridized carbons (Fsp3) is 0.462. The van der Waals surface area contributed by atoms with Crippen molar-refractivity contribution in [1.82, 2.24) is 10.2 Å². The number of likely N-dealkylation sites (N-methyl/N-ethyl adjacent to an activating group) is 1. The molecule has 0 radical (unpaired) electrons. The molecule has 0 aromatic heterocycles. The van der Waals surface area contributed by atoms with Gasteiger partial charge in [-0.1, -0.05) is 13.8 Å². The van der Waals surface area contributed by atoms with E-state index in [0.717, 1.165) is 81.9 Å². The van der Waals surface area contributed by atoms with E-state index in [2.05, 4.69) is 34.3 Å². The summed E-state index contributed by atoms with van der Waals surface area (Å²) in [6.07, 6.45) is -1.21. The maximum atomic E-state index is 13.1. The van der Waals surface area contributed by atoms with Crippen LogP contribution in [0.15, 0.2) is 42.5 Å². The molecular weight excluding hydrogens is 457 g/mol. The van der Waals surface area contributed by atoms with Crippen molar-refractivity contribution in [2.24, 2.45) is 0 Å². The molecule has 1 aliphatic rings. The van der Waals surface area contributed by atoms with Crippen LogP contribution < -0.4 is 15.5 Å². The summed E-state index contributed by atoms with van der Waals surface area (Å²) < 4.78 is 38.4. The highest BCUT2D eigenvalue weighted by molar-refractivity contribution is 6.06. The zero-order chi connectivity index (χ0) is 25.4. The van der Waals surface area contributed by atoms with Gasteiger partial charge in [-0.05, 0) is 74.8 Å². The number of benzene rings is 2. The number of alkyl halides is 3. The number of hydrogen-bond acceptors (Lipinski definition) is 4. The van der Waals surface area contributed by atoms with Crippen LogP contribution in [0.1, 0.15) is 59.4 Å². The molecule has 0 aliphatic carbocycles. The van der Waals surface area contributed by atoms with Crippen molar-refractivity contribution in [3.63, 3.8) is 0 Å². The van der Waals surface area contributed by atoms with Crippen LogP contribution in [0.4, 0.5) is 24.5 Å². The summed E-state index contributed by atoms with van der Waals surface area (Å²) in [5.41, 5.74) is 0.978. The predicted octanol–water partition coefficient (Wildman–Crippen LogP) is 5.02. The third kappa shape index (κ3) is 7.21. The first-order valence-electron chi connectivity index (χ1n) is 12.1. The third-order valence-electron chi connectivity index (χ3n) is 6.28. The topological polar surface area (TPSA) is 64.7 Å². The Morgan fingerprint density at radius 3 is 2.20 bits per heavy atom. The van der Waals surface area contributed by atoms with Gasteiger partial charge in [0.1, 0.15) is 0 Å². The van der Waals surface area contributed by atoms with Crippen molar-refractivity contribution in [1.29, 1.82) is 0 Å². The third-order valence-corrected chi connectivity index (χ3v) is 6.28. The zero-order valence-corrected chi connectivity index (χ0v) is 20.3. The first-order chi connectivity index (χ1) is 16.7. The molecule has 0 atom stereocenters. The van der Waals surface area contributed by atoms with E-state index in [1.54, 1.807) is 12.1 Å². The Morgan fingerprint density at radius 2 is 1.60 bits per heavy atom. The molecule has 1 saturated heterocycles. The van der Waals surface area contributed by atoms with E-state index in [0.29, 0.717) is 17.8 Å². The molecule has 0 bridgehead atoms. The number of nitrogens with zero attached hydrogens (tertiary/aromatic N) is 2. The van der Waals surface area contributed by atoms with Gasteiger partial charge in [0, 0.05) is 43.1 Å². The van der Waals surface area contributed by atoms with Gasteiger partial charge in [-0.25, -0.2) is 0 Å². The number of nitrogens with one attached hydrogen (secondary N) is 2. The van der Waals surface area contributed by atoms with Crippen LogP contribution in [0.2, 0.25) is 0 Å². The van der Waals surface area contributed by atoms with E-state index in [-0.39, 0.29) is 11.5 Å². The zero-order valence-electron chi connectivity index (χ0n) is 20.3. The fourth-order valence-electron chi connectivity index (χ4n) is 4.18. The van der Waals surface area contributed by atoms with Gasteiger partial charge in [0.25, 0.3) is 11.8 Å². The van der Waals surface area contributed by atoms with Crippen molar-refractivity contribution in [2.75, 3.05) is 49.5 Å². The summed E-state index contributed by atoms with van der Waals surface area (Å²) in [7, 11) is 0. The van der Waals surface area contributed by atoms with Crippen LogP contribution >= 0.6 is 0 Å². The molecule has 0 spiro atoms. The number of carbonyl (C=O) groups excluding carboxylic acids is 2. The molecule has 9 heteroatoms. The molecule has 3 rings (SSSR count). The molecule has 190 valence electrons. The highest BCUT2D eigenvalue weighted by atomic mass is 19.4. The van der Waals surface area contributed by atoms with Crippen molar-refractivity contribution in [2.45, 2.75) is 39.3 Å². The summed E-state index contributed by atoms with van der Waals surface area (Å²) in [6, 6.07) is 9.22. The minimum atomic E-state index is -4.47. The standard InChI is InChI=1S/C26H33F3N4O2/c1-3-32(4-2)17-14-30-25(35)22-18-21(12-13-23(22)33-15-6-5-7-16-33)31-24(34)19-8-10-20(11-9-19)26(27,28)29/h8-13,18H,3-7,14-17H2,1-2H3,(H,30,35)(H,31,34). The molecular formula is C26H33F3N4O2. The largest absolute Gasteiger partial charge is 0.416 e. The van der Waals surface area contributed by atoms with Gasteiger partial charge < -0.3 is 20.4 Å². The number of hydrogen-bond donors (Lipinski definition) is 2. The molecule has 2 amide bonds. The average Bonchev–Trinajstić information content (AvgIpc) is 2.86. The van der Waals surface area contributed by atoms with E-state index in [4.69, 9.17) is 0 Å². The smallest absolute Gasteiger partial charge is 0.371 e. The predicted molar refractivity (Wildman–Crippen MR) is 132 cm³/mol. The quantitative estimate of drug-likeness (QED) is 0.518. The van der Waals surface area contributed by atoms with Gasteiger partial charge in [-0.3, -0.25) is 9.59 Å². The molecule has 35 heavy (non-hydrogen) atoms. The van der Waals surface area contributed by atoms with Crippen LogP contribution in [0.5, 0.6) is 0 Å². The number of carbonyl (C=O) groups is 2. The van der Waals surface area contributed by atoms with Crippen molar-refractivity contribution in [3.8, 4) is 0 Å². The van der Waals surface area contributed by atoms with E-state index in [1.165, 1.54) is 0 Å². The second-order valence-electron chi connectivity index (χ2n) is 8.59. The van der Waals surface area contributed by atoms with Crippen LogP contribution in [0.25, 0.3) is 0 Å². The molecule has 6 nitrogen and oxygen atoms in total. The summed E-state index contributed by atoms with van der Waals surface area (Å²) in [4.78, 5) is 30.2. The normalized spacial score (nSPS) is 14.2. The fourth-order valence-corrected chi connectivity index (χ4v) is 4.18. The van der Waals surface area contributed by atoms with Crippen molar-refractivity contribution < 1.29 is 22.8 Å². The maximum absolute atomic E-state index is 13.1. The number of piperidine rings is 1. The molecule has 0 saturated carbocycles. The lowest BCUT2D eigenvalue weighted by molar-refractivity contribution is -0.137. The lowest BCUT2D eigenvalue weighted by Crippen LogP contribution is -2.36. The second-order valence-corrected chi connectivity index (χ2v) is 8.59. The SMILES string of the molecule is CCN(CC)CCNC(=O)c1cc(NC(=O)c2ccc(C(F)(F)F)cc2)ccc1N1CCCCC1. The van der Waals surface area contributed by atoms with Crippen LogP contribution in [0, 0.1) is 0 Å². The minimum Gasteiger partial charge on any atom is -0.371 e. The molecule has 2 aromatic rings. The molecule has 1 heterocycles. The van der Waals surface area contributed by atoms with Gasteiger partial charge in [0.05, 0.1) is 11.1 Å². The lowest BCUT2D eigenvalue weighted by Gasteiger charge is -2.30. The summed E-state index contributed by atoms with van der Waals surface area (Å²) >= 11 is 0. The monoisotopic (exact) mass is 490 g/mol. The average molecular weight is 491 g/mol. The molecule has 0 unspecified atom stereocenters. The lowest BCUT2D eigenvalue weighted by atomic mass is 10.1. The van der Waals surface area contributed by atoms with Crippen LogP contribution in [0.3, 0.4) is 0 Å². The Hall–Kier alpha value is -3.07. The summed E-state index contributed by atoms with van der Waals surface area (Å²) in [6.45, 7) is 8.90. The molecule has 2 N–H and O–H groups in total. The second kappa shape index (κ2) is 12.1. The van der Waals surface area contributed by atoms with Gasteiger partial charge in [-0.15, -0.1) is 0 Å². The van der Waals surface area contributed by atoms with Crippen molar-refractivity contribution in [3.05, 3.63) is 59.2 Å². The maximum Gasteiger partial charge on any atom is 0.416 e. The van der Waals surface area contributed by atoms with Gasteiger partial charge in [-0.2, -0.15) is 13.2 Å². The van der Waals surface area contributed by atoms with Crippen LogP contribution in [-0.2, 0) is 6.18 Å². The molecule has 2 aromatic carbocycles. The Bertz CT molecular complexity index is 999. The Kier molecular flexibility index (Phi) is 9.14. The minimum absolute atomic E-state index is 0.100. The summed E-state index contributed by atoms with van der Waals surface area (Å²) in [5.74, 6) is -0.763. The van der Waals surface area contributed by atoms with Gasteiger partial charge >= 0.3 is 6.18 Å². The van der Waals surface area contributed by atoms with E-state index < -0.39 is 17.6 Å². The van der Waals surface area contributed by atoms with E-state index >= 15 is 0 Å². The Labute approximate surface area is 204 Å². The highest BCUT2D eigenvalue weighted by Crippen LogP contribution is 2.30. The molecule has 1 aliphatic heterocycles. The Balaban J connectivity index is 1.78. The van der Waals surface area contributed by atoms with Crippen LogP contribution in [-0.4, -0.2) is 56.0 Å². The number of anilines is 2. The molecule has 1 fully saturated rings. The number of amides is 2. The van der Waals surface area contributed by atoms with E-state index in [1.807, 2.05) is 6.07 Å². The number of halogens is 3. The first-order valence-corrected chi connectivity index (χ1v) is 12.1. The summed E-state index contributed by atoms with van der Waals surface area (Å²) in [5, 5.41) is 5.69. The Morgan fingerprint density at radius 1 is 0.943 bits per heavy atom. The van der Waals surface area contributed by atoms with E-state index in [9.17, 15) is 22.8 Å². The van der Waals surface area contributed by atoms with Gasteiger partial charge in [0.2, 0.25) is 0 Å². The highest BCUT2D eigenvalue weighted by Gasteiger charge is 2.30. The number of rotatable bonds is 9.